The molecule has 0 spiro atoms. The lowest BCUT2D eigenvalue weighted by Crippen LogP contribution is -2.31. The van der Waals surface area contributed by atoms with Crippen LogP contribution in [-0.4, -0.2) is 41.9 Å². The molecule has 1 unspecified atom stereocenters. The lowest BCUT2D eigenvalue weighted by Gasteiger charge is -2.17. The summed E-state index contributed by atoms with van der Waals surface area (Å²) >= 11 is 0. The van der Waals surface area contributed by atoms with Gasteiger partial charge in [-0.05, 0) is 29.3 Å². The van der Waals surface area contributed by atoms with Crippen LogP contribution in [0.25, 0.3) is 10.8 Å². The van der Waals surface area contributed by atoms with Crippen molar-refractivity contribution in [1.29, 1.82) is 0 Å². The Morgan fingerprint density at radius 2 is 1.92 bits per heavy atom. The average molecular weight is 355 g/mol. The molecule has 1 atom stereocenters. The second-order valence-corrected chi connectivity index (χ2v) is 7.88. The van der Waals surface area contributed by atoms with Gasteiger partial charge < -0.3 is 4.74 Å². The van der Waals surface area contributed by atoms with Gasteiger partial charge in [0.15, 0.2) is 0 Å². The molecule has 0 aliphatic carbocycles. The molecule has 2 heterocycles. The molecule has 6 nitrogen and oxygen atoms in total. The fraction of sp³-hybridized carbons (Fsp3) is 0.222. The van der Waals surface area contributed by atoms with Crippen LogP contribution in [0.5, 0.6) is 5.88 Å². The van der Waals surface area contributed by atoms with Crippen LogP contribution < -0.4 is 4.74 Å². The van der Waals surface area contributed by atoms with Crippen LogP contribution in [0, 0.1) is 0 Å². The summed E-state index contributed by atoms with van der Waals surface area (Å²) in [6.07, 6.45) is 5.06. The molecule has 3 aromatic rings. The van der Waals surface area contributed by atoms with E-state index in [1.54, 1.807) is 24.5 Å². The predicted molar refractivity (Wildman–Crippen MR) is 93.8 cm³/mol. The van der Waals surface area contributed by atoms with Crippen molar-refractivity contribution in [3.05, 3.63) is 61.1 Å². The van der Waals surface area contributed by atoms with Gasteiger partial charge in [0.05, 0.1) is 17.6 Å². The first-order valence-electron chi connectivity index (χ1n) is 8.04. The molecule has 0 N–H and O–H groups in total. The summed E-state index contributed by atoms with van der Waals surface area (Å²) in [4.78, 5) is 8.33. The molecule has 1 aliphatic rings. The van der Waals surface area contributed by atoms with Gasteiger partial charge >= 0.3 is 0 Å². The standard InChI is InChI=1S/C18H17N3O3S/c22-25(23,17-6-5-14-3-1-2-4-15(14)11-17)21-10-7-16(13-21)24-18-12-19-8-9-20-18/h1-6,8-9,11-12,16H,7,10,13H2. The van der Waals surface area contributed by atoms with Crippen molar-refractivity contribution in [3.8, 4) is 5.88 Å². The van der Waals surface area contributed by atoms with Crippen molar-refractivity contribution >= 4 is 20.8 Å². The van der Waals surface area contributed by atoms with Crippen LogP contribution in [0.4, 0.5) is 0 Å². The number of sulfonamides is 1. The number of hydrogen-bond donors (Lipinski definition) is 0. The fourth-order valence-electron chi connectivity index (χ4n) is 3.01. The highest BCUT2D eigenvalue weighted by atomic mass is 32.2. The minimum atomic E-state index is -3.54. The molecule has 4 rings (SSSR count). The first-order valence-corrected chi connectivity index (χ1v) is 9.48. The van der Waals surface area contributed by atoms with Crippen molar-refractivity contribution in [1.82, 2.24) is 14.3 Å². The molecule has 7 heteroatoms. The van der Waals surface area contributed by atoms with Crippen molar-refractivity contribution in [3.63, 3.8) is 0 Å². The lowest BCUT2D eigenvalue weighted by molar-refractivity contribution is 0.206. The molecular formula is C18H17N3O3S. The number of fused-ring (bicyclic) bond motifs is 1. The van der Waals surface area contributed by atoms with Crippen LogP contribution in [0.3, 0.4) is 0 Å². The quantitative estimate of drug-likeness (QED) is 0.719. The number of nitrogens with zero attached hydrogens (tertiary/aromatic N) is 3. The zero-order valence-electron chi connectivity index (χ0n) is 13.4. The minimum Gasteiger partial charge on any atom is -0.472 e. The van der Waals surface area contributed by atoms with Crippen LogP contribution >= 0.6 is 0 Å². The third-order valence-electron chi connectivity index (χ3n) is 4.29. The molecule has 0 amide bonds. The van der Waals surface area contributed by atoms with E-state index in [4.69, 9.17) is 4.74 Å². The highest BCUT2D eigenvalue weighted by Crippen LogP contribution is 2.25. The maximum atomic E-state index is 12.9. The predicted octanol–water partition coefficient (Wildman–Crippen LogP) is 2.47. The largest absolute Gasteiger partial charge is 0.472 e. The smallest absolute Gasteiger partial charge is 0.243 e. The van der Waals surface area contributed by atoms with Gasteiger partial charge in [-0.1, -0.05) is 30.3 Å². The summed E-state index contributed by atoms with van der Waals surface area (Å²) in [6, 6.07) is 12.9. The Hall–Kier alpha value is -2.51. The molecule has 1 saturated heterocycles. The van der Waals surface area contributed by atoms with E-state index in [0.29, 0.717) is 30.3 Å². The fourth-order valence-corrected chi connectivity index (χ4v) is 4.53. The summed E-state index contributed by atoms with van der Waals surface area (Å²) in [6.45, 7) is 0.742. The Labute approximate surface area is 146 Å². The molecule has 1 aliphatic heterocycles. The third-order valence-corrected chi connectivity index (χ3v) is 6.15. The van der Waals surface area contributed by atoms with Gasteiger partial charge in [-0.15, -0.1) is 0 Å². The topological polar surface area (TPSA) is 72.4 Å². The Morgan fingerprint density at radius 3 is 2.72 bits per heavy atom. The van der Waals surface area contributed by atoms with E-state index >= 15 is 0 Å². The Kier molecular flexibility index (Phi) is 4.10. The average Bonchev–Trinajstić information content (AvgIpc) is 3.11. The zero-order chi connectivity index (χ0) is 17.3. The highest BCUT2D eigenvalue weighted by molar-refractivity contribution is 7.89. The van der Waals surface area contributed by atoms with Gasteiger partial charge in [-0.2, -0.15) is 4.31 Å². The van der Waals surface area contributed by atoms with Crippen LogP contribution in [-0.2, 0) is 10.0 Å². The van der Waals surface area contributed by atoms with Gasteiger partial charge in [0.25, 0.3) is 0 Å². The van der Waals surface area contributed by atoms with Gasteiger partial charge in [0.1, 0.15) is 6.10 Å². The summed E-state index contributed by atoms with van der Waals surface area (Å²) in [5.74, 6) is 0.414. The molecule has 1 aromatic heterocycles. The monoisotopic (exact) mass is 355 g/mol. The number of rotatable bonds is 4. The molecular weight excluding hydrogens is 338 g/mol. The molecule has 128 valence electrons. The van der Waals surface area contributed by atoms with E-state index in [0.717, 1.165) is 10.8 Å². The van der Waals surface area contributed by atoms with E-state index in [-0.39, 0.29) is 6.10 Å². The van der Waals surface area contributed by atoms with E-state index in [9.17, 15) is 8.42 Å². The van der Waals surface area contributed by atoms with Crippen LogP contribution in [0.1, 0.15) is 6.42 Å². The summed E-state index contributed by atoms with van der Waals surface area (Å²) < 4.78 is 33.0. The molecule has 1 fully saturated rings. The SMILES string of the molecule is O=S(=O)(c1ccc2ccccc2c1)N1CCC(Oc2cnccn2)C1. The first-order chi connectivity index (χ1) is 12.1. The number of hydrogen-bond acceptors (Lipinski definition) is 5. The summed E-state index contributed by atoms with van der Waals surface area (Å²) in [5, 5.41) is 1.93. The van der Waals surface area contributed by atoms with E-state index < -0.39 is 10.0 Å². The number of benzene rings is 2. The minimum absolute atomic E-state index is 0.216. The van der Waals surface area contributed by atoms with Crippen molar-refractivity contribution in [2.24, 2.45) is 0 Å². The molecule has 25 heavy (non-hydrogen) atoms. The van der Waals surface area contributed by atoms with E-state index in [1.807, 2.05) is 30.3 Å². The van der Waals surface area contributed by atoms with Crippen LogP contribution in [0.15, 0.2) is 66.0 Å². The maximum Gasteiger partial charge on any atom is 0.243 e. The van der Waals surface area contributed by atoms with Gasteiger partial charge in [0.2, 0.25) is 15.9 Å². The van der Waals surface area contributed by atoms with Gasteiger partial charge in [0, 0.05) is 18.9 Å². The Bertz CT molecular complexity index is 993. The molecule has 0 radical (unpaired) electrons. The molecule has 0 saturated carbocycles. The first kappa shape index (κ1) is 16.0. The maximum absolute atomic E-state index is 12.9. The van der Waals surface area contributed by atoms with Gasteiger partial charge in [-0.25, -0.2) is 13.4 Å². The van der Waals surface area contributed by atoms with Crippen LogP contribution in [0.2, 0.25) is 0 Å². The van der Waals surface area contributed by atoms with Crippen molar-refractivity contribution in [2.75, 3.05) is 13.1 Å². The molecule has 0 bridgehead atoms. The Balaban J connectivity index is 1.54. The number of ether oxygens (including phenoxy) is 1. The normalized spacial score (nSPS) is 18.5. The summed E-state index contributed by atoms with van der Waals surface area (Å²) in [7, 11) is -3.54. The molecule has 2 aromatic carbocycles. The second-order valence-electron chi connectivity index (χ2n) is 5.94. The van der Waals surface area contributed by atoms with Crippen molar-refractivity contribution in [2.45, 2.75) is 17.4 Å². The number of aromatic nitrogens is 2. The third kappa shape index (κ3) is 3.20. The zero-order valence-corrected chi connectivity index (χ0v) is 14.3. The van der Waals surface area contributed by atoms with Crippen molar-refractivity contribution < 1.29 is 13.2 Å². The van der Waals surface area contributed by atoms with Gasteiger partial charge in [-0.3, -0.25) is 4.98 Å². The second kappa shape index (κ2) is 6.42. The van der Waals surface area contributed by atoms with E-state index in [1.165, 1.54) is 10.5 Å². The van der Waals surface area contributed by atoms with E-state index in [2.05, 4.69) is 9.97 Å². The summed E-state index contributed by atoms with van der Waals surface area (Å²) in [5.41, 5.74) is 0. The lowest BCUT2D eigenvalue weighted by atomic mass is 10.1. The Morgan fingerprint density at radius 1 is 1.08 bits per heavy atom. The highest BCUT2D eigenvalue weighted by Gasteiger charge is 2.33.